The lowest BCUT2D eigenvalue weighted by atomic mass is 9.81. The number of aryl methyl sites for hydroxylation is 1. The smallest absolute Gasteiger partial charge is 0.233 e. The van der Waals surface area contributed by atoms with Crippen LogP contribution in [0.2, 0.25) is 5.02 Å². The van der Waals surface area contributed by atoms with Crippen molar-refractivity contribution in [2.75, 3.05) is 5.32 Å². The third-order valence-corrected chi connectivity index (χ3v) is 8.24. The second kappa shape index (κ2) is 7.12. The molecule has 0 spiro atoms. The Morgan fingerprint density at radius 1 is 1.00 bits per heavy atom. The van der Waals surface area contributed by atoms with Crippen LogP contribution in [0.15, 0.2) is 18.2 Å². The number of hydrogen-bond donors (Lipinski definition) is 1. The van der Waals surface area contributed by atoms with E-state index in [4.69, 9.17) is 11.6 Å². The van der Waals surface area contributed by atoms with E-state index in [-0.39, 0.29) is 41.5 Å². The summed E-state index contributed by atoms with van der Waals surface area (Å²) >= 11 is 6.15. The Hall–Kier alpha value is -1.88. The highest BCUT2D eigenvalue weighted by atomic mass is 35.5. The maximum absolute atomic E-state index is 13.0. The molecule has 3 saturated carbocycles. The molecule has 0 aromatic heterocycles. The first kappa shape index (κ1) is 19.1. The molecule has 4 atom stereocenters. The van der Waals surface area contributed by atoms with Crippen LogP contribution in [0.5, 0.6) is 0 Å². The van der Waals surface area contributed by atoms with Gasteiger partial charge in [0.05, 0.1) is 11.8 Å². The van der Waals surface area contributed by atoms with E-state index < -0.39 is 0 Å². The number of amides is 3. The van der Waals surface area contributed by atoms with E-state index in [1.165, 1.54) is 0 Å². The predicted octanol–water partition coefficient (Wildman–Crippen LogP) is 4.18. The molecular weight excluding hydrogens is 388 g/mol. The molecule has 3 amide bonds. The van der Waals surface area contributed by atoms with Crippen LogP contribution in [0.3, 0.4) is 0 Å². The third-order valence-electron chi connectivity index (χ3n) is 7.83. The molecule has 4 fully saturated rings. The molecule has 4 aliphatic rings. The van der Waals surface area contributed by atoms with Gasteiger partial charge in [-0.15, -0.1) is 0 Å². The number of carbonyl (C=O) groups is 3. The molecule has 3 aliphatic carbocycles. The summed E-state index contributed by atoms with van der Waals surface area (Å²) in [5.41, 5.74) is 1.68. The van der Waals surface area contributed by atoms with Crippen LogP contribution in [0.25, 0.3) is 0 Å². The number of hydrogen-bond acceptors (Lipinski definition) is 3. The van der Waals surface area contributed by atoms with Crippen LogP contribution < -0.4 is 5.32 Å². The molecule has 0 radical (unpaired) electrons. The molecule has 1 heterocycles. The Bertz CT molecular complexity index is 849. The van der Waals surface area contributed by atoms with E-state index in [2.05, 4.69) is 5.32 Å². The number of imide groups is 1. The van der Waals surface area contributed by atoms with Crippen LogP contribution in [0.1, 0.15) is 50.5 Å². The predicted molar refractivity (Wildman–Crippen MR) is 110 cm³/mol. The molecular formula is C23H27ClN2O3. The zero-order chi connectivity index (χ0) is 20.3. The van der Waals surface area contributed by atoms with Gasteiger partial charge in [-0.1, -0.05) is 17.7 Å². The average Bonchev–Trinajstić information content (AvgIpc) is 3.39. The van der Waals surface area contributed by atoms with E-state index in [1.54, 1.807) is 11.0 Å². The zero-order valence-corrected chi connectivity index (χ0v) is 17.5. The summed E-state index contributed by atoms with van der Waals surface area (Å²) in [4.78, 5) is 40.3. The van der Waals surface area contributed by atoms with Crippen molar-refractivity contribution in [3.05, 3.63) is 28.8 Å². The van der Waals surface area contributed by atoms with Gasteiger partial charge in [-0.05, 0) is 81.4 Å². The monoisotopic (exact) mass is 414 g/mol. The number of benzene rings is 1. The van der Waals surface area contributed by atoms with E-state index in [0.29, 0.717) is 35.4 Å². The molecule has 1 N–H and O–H groups in total. The van der Waals surface area contributed by atoms with Gasteiger partial charge in [-0.2, -0.15) is 0 Å². The molecule has 5 rings (SSSR count). The number of likely N-dealkylation sites (tertiary alicyclic amines) is 1. The van der Waals surface area contributed by atoms with Gasteiger partial charge < -0.3 is 5.32 Å². The van der Waals surface area contributed by atoms with Crippen molar-refractivity contribution in [3.63, 3.8) is 0 Å². The van der Waals surface area contributed by atoms with Crippen molar-refractivity contribution in [3.8, 4) is 0 Å². The van der Waals surface area contributed by atoms with Crippen LogP contribution in [-0.4, -0.2) is 28.7 Å². The minimum atomic E-state index is -0.0881. The average molecular weight is 415 g/mol. The Kier molecular flexibility index (Phi) is 4.69. The van der Waals surface area contributed by atoms with Crippen molar-refractivity contribution in [2.24, 2.45) is 29.6 Å². The molecule has 1 saturated heterocycles. The summed E-state index contributed by atoms with van der Waals surface area (Å²) in [6.07, 6.45) is 6.13. The van der Waals surface area contributed by atoms with Crippen molar-refractivity contribution < 1.29 is 14.4 Å². The number of rotatable bonds is 3. The van der Waals surface area contributed by atoms with Gasteiger partial charge in [0.2, 0.25) is 17.7 Å². The highest BCUT2D eigenvalue weighted by Crippen LogP contribution is 2.56. The Morgan fingerprint density at radius 3 is 2.21 bits per heavy atom. The summed E-state index contributed by atoms with van der Waals surface area (Å²) in [5.74, 6) is 0.822. The lowest BCUT2D eigenvalue weighted by Gasteiger charge is -2.33. The summed E-state index contributed by atoms with van der Waals surface area (Å²) in [6, 6.07) is 5.50. The van der Waals surface area contributed by atoms with E-state index in [1.807, 2.05) is 19.1 Å². The minimum absolute atomic E-state index is 0.00245. The van der Waals surface area contributed by atoms with Gasteiger partial charge in [0.25, 0.3) is 0 Å². The molecule has 29 heavy (non-hydrogen) atoms. The SMILES string of the molecule is Cc1ccc(NC(=O)C2CCC(N3C(=O)C4C5CCC(C5)C4C3=O)CC2)cc1Cl. The first-order chi connectivity index (χ1) is 13.9. The highest BCUT2D eigenvalue weighted by molar-refractivity contribution is 6.31. The summed E-state index contributed by atoms with van der Waals surface area (Å²) < 4.78 is 0. The Morgan fingerprint density at radius 2 is 1.62 bits per heavy atom. The van der Waals surface area contributed by atoms with Gasteiger partial charge in [0.15, 0.2) is 0 Å². The lowest BCUT2D eigenvalue weighted by Crippen LogP contribution is -2.44. The second-order valence-corrected chi connectivity index (χ2v) is 9.80. The van der Waals surface area contributed by atoms with Crippen LogP contribution in [0, 0.1) is 36.5 Å². The van der Waals surface area contributed by atoms with Crippen molar-refractivity contribution in [1.82, 2.24) is 4.90 Å². The fourth-order valence-electron chi connectivity index (χ4n) is 6.30. The number of fused-ring (bicyclic) bond motifs is 5. The van der Waals surface area contributed by atoms with Gasteiger partial charge in [0, 0.05) is 22.7 Å². The maximum Gasteiger partial charge on any atom is 0.233 e. The quantitative estimate of drug-likeness (QED) is 0.754. The highest BCUT2D eigenvalue weighted by Gasteiger charge is 2.61. The normalized spacial score (nSPS) is 35.9. The topological polar surface area (TPSA) is 66.5 Å². The van der Waals surface area contributed by atoms with Crippen molar-refractivity contribution in [2.45, 2.75) is 57.9 Å². The first-order valence-corrected chi connectivity index (χ1v) is 11.3. The number of nitrogens with one attached hydrogen (secondary N) is 1. The largest absolute Gasteiger partial charge is 0.326 e. The second-order valence-electron chi connectivity index (χ2n) is 9.39. The van der Waals surface area contributed by atoms with Crippen molar-refractivity contribution >= 4 is 35.0 Å². The fourth-order valence-corrected chi connectivity index (χ4v) is 6.48. The van der Waals surface area contributed by atoms with E-state index >= 15 is 0 Å². The van der Waals surface area contributed by atoms with E-state index in [9.17, 15) is 14.4 Å². The Labute approximate surface area is 176 Å². The molecule has 5 nitrogen and oxygen atoms in total. The van der Waals surface area contributed by atoms with Crippen molar-refractivity contribution in [1.29, 1.82) is 0 Å². The summed E-state index contributed by atoms with van der Waals surface area (Å²) in [7, 11) is 0. The van der Waals surface area contributed by atoms with Gasteiger partial charge in [-0.25, -0.2) is 0 Å². The molecule has 1 aromatic carbocycles. The summed E-state index contributed by atoms with van der Waals surface area (Å²) in [5, 5.41) is 3.60. The number of halogens is 1. The minimum Gasteiger partial charge on any atom is -0.326 e. The molecule has 154 valence electrons. The van der Waals surface area contributed by atoms with Crippen LogP contribution in [-0.2, 0) is 14.4 Å². The fraction of sp³-hybridized carbons (Fsp3) is 0.609. The zero-order valence-electron chi connectivity index (χ0n) is 16.7. The summed E-state index contributed by atoms with van der Waals surface area (Å²) in [6.45, 7) is 1.93. The standard InChI is InChI=1S/C23H27ClN2O3/c1-12-2-7-16(11-18(12)24)25-21(27)13-5-8-17(9-6-13)26-22(28)19-14-3-4-15(10-14)20(19)23(26)29/h2,7,11,13-15,17,19-20H,3-6,8-10H2,1H3,(H,25,27). The van der Waals surface area contributed by atoms with Crippen LogP contribution in [0.4, 0.5) is 5.69 Å². The van der Waals surface area contributed by atoms with E-state index in [0.717, 1.165) is 37.7 Å². The molecule has 2 bridgehead atoms. The third kappa shape index (κ3) is 3.09. The molecule has 6 heteroatoms. The number of carbonyl (C=O) groups excluding carboxylic acids is 3. The maximum atomic E-state index is 13.0. The Balaban J connectivity index is 1.20. The number of anilines is 1. The van der Waals surface area contributed by atoms with Gasteiger partial charge in [0.1, 0.15) is 0 Å². The lowest BCUT2D eigenvalue weighted by molar-refractivity contribution is -0.144. The van der Waals surface area contributed by atoms with Crippen LogP contribution >= 0.6 is 11.6 Å². The first-order valence-electron chi connectivity index (χ1n) is 10.9. The molecule has 4 unspecified atom stereocenters. The van der Waals surface area contributed by atoms with Gasteiger partial charge >= 0.3 is 0 Å². The molecule has 1 aromatic rings. The molecule has 1 aliphatic heterocycles. The van der Waals surface area contributed by atoms with Gasteiger partial charge in [-0.3, -0.25) is 19.3 Å². The number of nitrogens with zero attached hydrogens (tertiary/aromatic N) is 1.